The smallest absolute Gasteiger partial charge is 0.127 e. The van der Waals surface area contributed by atoms with E-state index in [4.69, 9.17) is 22.7 Å². The Balaban J connectivity index is 2.31. The zero-order chi connectivity index (χ0) is 16.8. The number of nitrogen functional groups attached to an aromatic ring is 1. The lowest BCUT2D eigenvalue weighted by molar-refractivity contribution is -0.0405. The fraction of sp³-hybridized carbons (Fsp3) is 0.333. The number of hydrogen-bond donors (Lipinski definition) is 1. The van der Waals surface area contributed by atoms with Gasteiger partial charge in [0.1, 0.15) is 16.5 Å². The topological polar surface area (TPSA) is 64.0 Å². The highest BCUT2D eigenvalue weighted by atomic mass is 32.1. The van der Waals surface area contributed by atoms with Crippen LogP contribution >= 0.6 is 12.2 Å². The summed E-state index contributed by atoms with van der Waals surface area (Å²) in [5.41, 5.74) is 10.3. The molecule has 1 aromatic carbocycles. The molecule has 0 fully saturated rings. The SMILES string of the molecule is Cc1ccc(-n2c(N)c(C#N)c3c(c2=S)COC(C)(C)C3)cc1. The number of fused-ring (bicyclic) bond motifs is 1. The van der Waals surface area contributed by atoms with Gasteiger partial charge >= 0.3 is 0 Å². The average Bonchev–Trinajstić information content (AvgIpc) is 2.48. The molecule has 1 aliphatic heterocycles. The number of nitriles is 1. The van der Waals surface area contributed by atoms with E-state index < -0.39 is 0 Å². The number of nitrogens with zero attached hydrogens (tertiary/aromatic N) is 2. The molecule has 0 aliphatic carbocycles. The van der Waals surface area contributed by atoms with Crippen LogP contribution in [-0.2, 0) is 17.8 Å². The molecule has 0 saturated carbocycles. The standard InChI is InChI=1S/C18H19N3OS/c1-11-4-6-12(7-5-11)21-16(20)14(9-19)13-8-18(2,3)22-10-15(13)17(21)23/h4-7H,8,10,20H2,1-3H3. The molecule has 0 radical (unpaired) electrons. The van der Waals surface area contributed by atoms with Gasteiger partial charge in [0.05, 0.1) is 17.8 Å². The van der Waals surface area contributed by atoms with Crippen molar-refractivity contribution < 1.29 is 4.74 Å². The zero-order valence-corrected chi connectivity index (χ0v) is 14.3. The largest absolute Gasteiger partial charge is 0.384 e. The minimum Gasteiger partial charge on any atom is -0.384 e. The molecule has 0 atom stereocenters. The Bertz CT molecular complexity index is 873. The summed E-state index contributed by atoms with van der Waals surface area (Å²) in [6.07, 6.45) is 0.633. The molecular weight excluding hydrogens is 306 g/mol. The minimum absolute atomic E-state index is 0.317. The van der Waals surface area contributed by atoms with Gasteiger partial charge in [0, 0.05) is 17.7 Å². The maximum absolute atomic E-state index is 9.63. The van der Waals surface area contributed by atoms with Crippen molar-refractivity contribution in [3.8, 4) is 11.8 Å². The first-order valence-corrected chi connectivity index (χ1v) is 7.92. The highest BCUT2D eigenvalue weighted by Gasteiger charge is 2.31. The molecule has 2 aromatic rings. The van der Waals surface area contributed by atoms with Gasteiger partial charge in [0.15, 0.2) is 0 Å². The Labute approximate surface area is 141 Å². The van der Waals surface area contributed by atoms with Gasteiger partial charge in [-0.25, -0.2) is 0 Å². The Morgan fingerprint density at radius 3 is 2.52 bits per heavy atom. The van der Waals surface area contributed by atoms with Crippen LogP contribution in [-0.4, -0.2) is 10.2 Å². The maximum Gasteiger partial charge on any atom is 0.127 e. The molecule has 118 valence electrons. The molecule has 3 rings (SSSR count). The first-order valence-electron chi connectivity index (χ1n) is 7.51. The molecular formula is C18H19N3OS. The minimum atomic E-state index is -0.317. The van der Waals surface area contributed by atoms with Crippen molar-refractivity contribution in [2.75, 3.05) is 5.73 Å². The van der Waals surface area contributed by atoms with Gasteiger partial charge in [-0.05, 0) is 38.5 Å². The summed E-state index contributed by atoms with van der Waals surface area (Å²) in [5.74, 6) is 0.401. The van der Waals surface area contributed by atoms with E-state index >= 15 is 0 Å². The van der Waals surface area contributed by atoms with Crippen LogP contribution in [0.5, 0.6) is 0 Å². The van der Waals surface area contributed by atoms with Crippen LogP contribution in [0.15, 0.2) is 24.3 Å². The summed E-state index contributed by atoms with van der Waals surface area (Å²) < 4.78 is 8.28. The first kappa shape index (κ1) is 15.7. The van der Waals surface area contributed by atoms with Crippen LogP contribution in [0.2, 0.25) is 0 Å². The van der Waals surface area contributed by atoms with Crippen molar-refractivity contribution in [1.29, 1.82) is 5.26 Å². The van der Waals surface area contributed by atoms with Gasteiger partial charge in [0.2, 0.25) is 0 Å². The number of hydrogen-bond acceptors (Lipinski definition) is 4. The molecule has 2 heterocycles. The van der Waals surface area contributed by atoms with E-state index in [1.165, 1.54) is 0 Å². The number of aryl methyl sites for hydroxylation is 1. The second kappa shape index (κ2) is 5.48. The molecule has 23 heavy (non-hydrogen) atoms. The third kappa shape index (κ3) is 2.65. The van der Waals surface area contributed by atoms with Crippen LogP contribution in [0.3, 0.4) is 0 Å². The third-order valence-electron chi connectivity index (χ3n) is 4.24. The summed E-state index contributed by atoms with van der Waals surface area (Å²) in [6.45, 7) is 6.45. The fourth-order valence-electron chi connectivity index (χ4n) is 2.95. The molecule has 5 heteroatoms. The van der Waals surface area contributed by atoms with Crippen molar-refractivity contribution in [3.63, 3.8) is 0 Å². The van der Waals surface area contributed by atoms with E-state index in [1.807, 2.05) is 45.0 Å². The molecule has 4 nitrogen and oxygen atoms in total. The van der Waals surface area contributed by atoms with E-state index in [0.717, 1.165) is 22.4 Å². The quantitative estimate of drug-likeness (QED) is 0.810. The lowest BCUT2D eigenvalue weighted by Crippen LogP contribution is -2.33. The molecule has 0 saturated heterocycles. The van der Waals surface area contributed by atoms with Gasteiger partial charge < -0.3 is 10.5 Å². The lowest BCUT2D eigenvalue weighted by Gasteiger charge is -2.33. The van der Waals surface area contributed by atoms with Gasteiger partial charge in [-0.2, -0.15) is 5.26 Å². The van der Waals surface area contributed by atoms with Crippen molar-refractivity contribution in [1.82, 2.24) is 4.57 Å². The Morgan fingerprint density at radius 2 is 1.91 bits per heavy atom. The zero-order valence-electron chi connectivity index (χ0n) is 13.5. The summed E-state index contributed by atoms with van der Waals surface area (Å²) in [4.78, 5) is 0. The highest BCUT2D eigenvalue weighted by Crippen LogP contribution is 2.34. The van der Waals surface area contributed by atoms with Crippen LogP contribution in [0.4, 0.5) is 5.82 Å². The summed E-state index contributed by atoms with van der Waals surface area (Å²) >= 11 is 5.66. The number of nitrogens with two attached hydrogens (primary N) is 1. The first-order chi connectivity index (χ1) is 10.8. The fourth-order valence-corrected chi connectivity index (χ4v) is 3.34. The lowest BCUT2D eigenvalue weighted by atomic mass is 9.89. The second-order valence-electron chi connectivity index (χ2n) is 6.53. The number of aromatic nitrogens is 1. The Hall–Kier alpha value is -2.16. The number of rotatable bonds is 1. The molecule has 1 aromatic heterocycles. The van der Waals surface area contributed by atoms with Crippen molar-refractivity contribution in [3.05, 3.63) is 51.2 Å². The molecule has 2 N–H and O–H groups in total. The van der Waals surface area contributed by atoms with Gasteiger partial charge in [-0.15, -0.1) is 0 Å². The maximum atomic E-state index is 9.63. The number of ether oxygens (including phenoxy) is 1. The number of pyridine rings is 1. The summed E-state index contributed by atoms with van der Waals surface area (Å²) in [6, 6.07) is 10.2. The van der Waals surface area contributed by atoms with E-state index in [2.05, 4.69) is 6.07 Å². The highest BCUT2D eigenvalue weighted by molar-refractivity contribution is 7.71. The van der Waals surface area contributed by atoms with Gasteiger partial charge in [-0.1, -0.05) is 29.9 Å². The second-order valence-corrected chi connectivity index (χ2v) is 6.92. The normalized spacial score (nSPS) is 15.7. The Kier molecular flexibility index (Phi) is 3.75. The van der Waals surface area contributed by atoms with Gasteiger partial charge in [-0.3, -0.25) is 4.57 Å². The third-order valence-corrected chi connectivity index (χ3v) is 4.67. The predicted octanol–water partition coefficient (Wildman–Crippen LogP) is 3.82. The Morgan fingerprint density at radius 1 is 1.26 bits per heavy atom. The number of anilines is 1. The van der Waals surface area contributed by atoms with E-state index in [0.29, 0.717) is 29.0 Å². The van der Waals surface area contributed by atoms with E-state index in [9.17, 15) is 5.26 Å². The van der Waals surface area contributed by atoms with Crippen LogP contribution in [0.1, 0.15) is 36.1 Å². The molecule has 0 bridgehead atoms. The van der Waals surface area contributed by atoms with Crippen molar-refractivity contribution in [2.45, 2.75) is 39.4 Å². The van der Waals surface area contributed by atoms with Crippen molar-refractivity contribution >= 4 is 18.0 Å². The van der Waals surface area contributed by atoms with Crippen LogP contribution in [0, 0.1) is 22.9 Å². The average molecular weight is 325 g/mol. The van der Waals surface area contributed by atoms with Gasteiger partial charge in [0.25, 0.3) is 0 Å². The molecule has 1 aliphatic rings. The van der Waals surface area contributed by atoms with Crippen molar-refractivity contribution in [2.24, 2.45) is 0 Å². The number of benzene rings is 1. The predicted molar refractivity (Wildman–Crippen MR) is 93.0 cm³/mol. The summed E-state index contributed by atoms with van der Waals surface area (Å²) in [7, 11) is 0. The molecule has 0 spiro atoms. The molecule has 0 unspecified atom stereocenters. The van der Waals surface area contributed by atoms with Crippen LogP contribution in [0.25, 0.3) is 5.69 Å². The molecule has 0 amide bonds. The van der Waals surface area contributed by atoms with Crippen LogP contribution < -0.4 is 5.73 Å². The van der Waals surface area contributed by atoms with E-state index in [-0.39, 0.29) is 5.60 Å². The monoisotopic (exact) mass is 325 g/mol. The van der Waals surface area contributed by atoms with E-state index in [1.54, 1.807) is 4.57 Å². The summed E-state index contributed by atoms with van der Waals surface area (Å²) in [5, 5.41) is 9.63.